The Kier molecular flexibility index (Phi) is 3.20. The van der Waals surface area contributed by atoms with E-state index in [4.69, 9.17) is 10.00 Å². The average Bonchev–Trinajstić information content (AvgIpc) is 2.17. The first kappa shape index (κ1) is 10.2. The lowest BCUT2D eigenvalue weighted by Gasteiger charge is -2.02. The van der Waals surface area contributed by atoms with E-state index < -0.39 is 10.5 Å². The Morgan fingerprint density at radius 2 is 2.21 bits per heavy atom. The molecule has 0 atom stereocenters. The third kappa shape index (κ3) is 2.08. The van der Waals surface area contributed by atoms with Gasteiger partial charge in [-0.3, -0.25) is 0 Å². The summed E-state index contributed by atoms with van der Waals surface area (Å²) in [7, 11) is -1.22. The Hall–Kier alpha value is -1.87. The molecule has 5 nitrogen and oxygen atoms in total. The fraction of sp³-hybridized carbons (Fsp3) is 0.125. The molecule has 0 aliphatic carbocycles. The molecule has 0 unspecified atom stereocenters. The fourth-order valence-corrected chi connectivity index (χ4v) is 1.28. The number of nitrogens with zero attached hydrogens (tertiary/aromatic N) is 2. The lowest BCUT2D eigenvalue weighted by atomic mass is 10.2. The van der Waals surface area contributed by atoms with Crippen molar-refractivity contribution in [1.29, 1.82) is 5.26 Å². The number of nitriles is 1. The van der Waals surface area contributed by atoms with Crippen LogP contribution in [0.1, 0.15) is 5.56 Å². The topological polar surface area (TPSA) is 79.5 Å². The molecule has 6 heteroatoms. The van der Waals surface area contributed by atoms with E-state index in [0.717, 1.165) is 0 Å². The second kappa shape index (κ2) is 4.39. The highest BCUT2D eigenvalue weighted by Gasteiger charge is 2.07. The molecule has 0 saturated carbocycles. The molecular formula is C8H6N2O3S. The molecule has 1 aromatic rings. The highest BCUT2D eigenvalue weighted by Crippen LogP contribution is 2.30. The fourth-order valence-electron chi connectivity index (χ4n) is 0.946. The van der Waals surface area contributed by atoms with E-state index in [2.05, 4.69) is 4.36 Å². The van der Waals surface area contributed by atoms with Crippen molar-refractivity contribution >= 4 is 16.2 Å². The van der Waals surface area contributed by atoms with Crippen LogP contribution in [-0.4, -0.2) is 15.5 Å². The molecule has 0 spiro atoms. The number of rotatable bonds is 2. The molecule has 0 fully saturated rings. The Morgan fingerprint density at radius 1 is 1.50 bits per heavy atom. The zero-order chi connectivity index (χ0) is 10.6. The monoisotopic (exact) mass is 210 g/mol. The molecule has 72 valence electrons. The number of benzene rings is 1. The van der Waals surface area contributed by atoms with Crippen LogP contribution in [0.4, 0.5) is 5.69 Å². The van der Waals surface area contributed by atoms with E-state index in [1.165, 1.54) is 19.2 Å². The molecule has 0 radical (unpaired) electrons. The van der Waals surface area contributed by atoms with E-state index in [9.17, 15) is 8.42 Å². The van der Waals surface area contributed by atoms with Crippen LogP contribution in [0.15, 0.2) is 22.6 Å². The zero-order valence-electron chi connectivity index (χ0n) is 7.26. The van der Waals surface area contributed by atoms with Crippen LogP contribution in [-0.2, 0) is 10.5 Å². The predicted molar refractivity (Wildman–Crippen MR) is 48.7 cm³/mol. The normalized spacial score (nSPS) is 8.86. The summed E-state index contributed by atoms with van der Waals surface area (Å²) in [6.07, 6.45) is 0. The van der Waals surface area contributed by atoms with E-state index in [1.807, 2.05) is 6.07 Å². The Morgan fingerprint density at radius 3 is 2.71 bits per heavy atom. The minimum atomic E-state index is -2.60. The van der Waals surface area contributed by atoms with Crippen LogP contribution >= 0.6 is 0 Å². The second-order valence-electron chi connectivity index (χ2n) is 2.28. The van der Waals surface area contributed by atoms with Gasteiger partial charge < -0.3 is 4.74 Å². The maximum atomic E-state index is 10.4. The standard InChI is InChI=1S/C8H6N2O3S/c1-13-7-4-2-3-6(5-9)8(7)10-14(11)12/h2-4H,1H3. The Labute approximate surface area is 82.3 Å². The Bertz CT molecular complexity index is 506. The molecule has 0 N–H and O–H groups in total. The van der Waals surface area contributed by atoms with Gasteiger partial charge in [-0.25, -0.2) is 0 Å². The number of hydrogen-bond donors (Lipinski definition) is 0. The molecule has 0 saturated heterocycles. The van der Waals surface area contributed by atoms with Crippen molar-refractivity contribution in [3.05, 3.63) is 23.8 Å². The van der Waals surface area contributed by atoms with E-state index in [0.29, 0.717) is 0 Å². The van der Waals surface area contributed by atoms with Gasteiger partial charge in [-0.1, -0.05) is 6.07 Å². The maximum Gasteiger partial charge on any atom is 0.316 e. The summed E-state index contributed by atoms with van der Waals surface area (Å²) in [5.41, 5.74) is 0.194. The van der Waals surface area contributed by atoms with Gasteiger partial charge in [-0.05, 0) is 12.1 Å². The van der Waals surface area contributed by atoms with Crippen molar-refractivity contribution in [2.45, 2.75) is 0 Å². The van der Waals surface area contributed by atoms with Gasteiger partial charge in [-0.15, -0.1) is 4.36 Å². The quantitative estimate of drug-likeness (QED) is 0.736. The second-order valence-corrected chi connectivity index (χ2v) is 2.89. The first-order chi connectivity index (χ1) is 6.69. The lowest BCUT2D eigenvalue weighted by Crippen LogP contribution is -1.85. The Balaban J connectivity index is 3.51. The highest BCUT2D eigenvalue weighted by atomic mass is 32.2. The third-order valence-electron chi connectivity index (χ3n) is 1.51. The van der Waals surface area contributed by atoms with E-state index >= 15 is 0 Å². The van der Waals surface area contributed by atoms with Gasteiger partial charge in [0.25, 0.3) is 0 Å². The maximum absolute atomic E-state index is 10.4. The molecule has 0 aliphatic heterocycles. The lowest BCUT2D eigenvalue weighted by molar-refractivity contribution is 0.416. The molecule has 1 aromatic carbocycles. The van der Waals surface area contributed by atoms with Gasteiger partial charge in [0, 0.05) is 0 Å². The highest BCUT2D eigenvalue weighted by molar-refractivity contribution is 7.61. The van der Waals surface area contributed by atoms with Crippen molar-refractivity contribution in [3.8, 4) is 11.8 Å². The molecule has 0 amide bonds. The molecule has 0 heterocycles. The zero-order valence-corrected chi connectivity index (χ0v) is 8.08. The van der Waals surface area contributed by atoms with Crippen LogP contribution in [0.2, 0.25) is 0 Å². The molecular weight excluding hydrogens is 204 g/mol. The van der Waals surface area contributed by atoms with Crippen LogP contribution in [0, 0.1) is 11.3 Å². The van der Waals surface area contributed by atoms with Crippen molar-refractivity contribution in [2.24, 2.45) is 4.36 Å². The summed E-state index contributed by atoms with van der Waals surface area (Å²) in [4.78, 5) is 0. The minimum absolute atomic E-state index is 0.0332. The van der Waals surface area contributed by atoms with Crippen molar-refractivity contribution in [3.63, 3.8) is 0 Å². The molecule has 1 rings (SSSR count). The van der Waals surface area contributed by atoms with Gasteiger partial charge in [0.15, 0.2) is 0 Å². The van der Waals surface area contributed by atoms with Gasteiger partial charge >= 0.3 is 10.5 Å². The summed E-state index contributed by atoms with van der Waals surface area (Å²) >= 11 is 0. The van der Waals surface area contributed by atoms with Crippen molar-refractivity contribution < 1.29 is 13.2 Å². The minimum Gasteiger partial charge on any atom is -0.494 e. The smallest absolute Gasteiger partial charge is 0.316 e. The van der Waals surface area contributed by atoms with Crippen LogP contribution < -0.4 is 4.74 Å². The van der Waals surface area contributed by atoms with Gasteiger partial charge in [0.1, 0.15) is 17.5 Å². The SMILES string of the molecule is COc1cccc(C#N)c1N=S(=O)=O. The average molecular weight is 210 g/mol. The first-order valence-electron chi connectivity index (χ1n) is 3.57. The summed E-state index contributed by atoms with van der Waals surface area (Å²) < 4.78 is 28.9. The summed E-state index contributed by atoms with van der Waals surface area (Å²) in [6.45, 7) is 0. The van der Waals surface area contributed by atoms with Crippen molar-refractivity contribution in [1.82, 2.24) is 0 Å². The molecule has 0 aliphatic rings. The van der Waals surface area contributed by atoms with E-state index in [1.54, 1.807) is 6.07 Å². The first-order valence-corrected chi connectivity index (χ1v) is 4.60. The summed E-state index contributed by atoms with van der Waals surface area (Å²) in [6, 6.07) is 6.42. The van der Waals surface area contributed by atoms with Crippen molar-refractivity contribution in [2.75, 3.05) is 7.11 Å². The number of hydrogen-bond acceptors (Lipinski definition) is 5. The van der Waals surface area contributed by atoms with Crippen LogP contribution in [0.3, 0.4) is 0 Å². The number of methoxy groups -OCH3 is 1. The summed E-state index contributed by atoms with van der Waals surface area (Å²) in [5.74, 6) is 0.258. The third-order valence-corrected chi connectivity index (χ3v) is 1.84. The van der Waals surface area contributed by atoms with Crippen LogP contribution in [0.5, 0.6) is 5.75 Å². The van der Waals surface area contributed by atoms with Gasteiger partial charge in [0.2, 0.25) is 0 Å². The predicted octanol–water partition coefficient (Wildman–Crippen LogP) is 1.26. The summed E-state index contributed by atoms with van der Waals surface area (Å²) in [5, 5.41) is 8.68. The molecule has 0 aromatic heterocycles. The molecule has 0 bridgehead atoms. The van der Waals surface area contributed by atoms with E-state index in [-0.39, 0.29) is 17.0 Å². The van der Waals surface area contributed by atoms with Gasteiger partial charge in [-0.2, -0.15) is 13.7 Å². The number of ether oxygens (including phenoxy) is 1. The molecule has 14 heavy (non-hydrogen) atoms. The van der Waals surface area contributed by atoms with Crippen LogP contribution in [0.25, 0.3) is 0 Å². The van der Waals surface area contributed by atoms with Gasteiger partial charge in [0.05, 0.1) is 12.7 Å². The largest absolute Gasteiger partial charge is 0.494 e.